The molecular formula is C59H58N2O2S2. The fraction of sp³-hybridized carbons (Fsp3) is 0.254. The molecule has 0 amide bonds. The number of nitrogens with one attached hydrogen (secondary N) is 2. The van der Waals surface area contributed by atoms with Gasteiger partial charge in [0.15, 0.2) is 11.6 Å². The van der Waals surface area contributed by atoms with Crippen LogP contribution in [0.1, 0.15) is 125 Å². The molecule has 1 saturated carbocycles. The van der Waals surface area contributed by atoms with Crippen LogP contribution < -0.4 is 10.6 Å². The molecular weight excluding hydrogens is 833 g/mol. The summed E-state index contributed by atoms with van der Waals surface area (Å²) in [5.74, 6) is 1.21. The van der Waals surface area contributed by atoms with Crippen molar-refractivity contribution in [1.82, 2.24) is 0 Å². The van der Waals surface area contributed by atoms with E-state index in [0.717, 1.165) is 59.1 Å². The molecule has 2 N–H and O–H groups in total. The molecule has 9 rings (SSSR count). The Kier molecular flexibility index (Phi) is 13.8. The molecule has 0 atom stereocenters. The van der Waals surface area contributed by atoms with Gasteiger partial charge in [-0.1, -0.05) is 152 Å². The molecule has 0 heterocycles. The summed E-state index contributed by atoms with van der Waals surface area (Å²) in [5, 5.41) is 7.04. The van der Waals surface area contributed by atoms with Crippen LogP contribution in [0.2, 0.25) is 0 Å². The van der Waals surface area contributed by atoms with E-state index in [4.69, 9.17) is 0 Å². The summed E-state index contributed by atoms with van der Waals surface area (Å²) in [7, 11) is 0. The molecule has 0 saturated heterocycles. The first-order valence-electron chi connectivity index (χ1n) is 23.4. The number of unbranched alkanes of at least 4 members (excludes halogenated alkanes) is 3. The van der Waals surface area contributed by atoms with Crippen LogP contribution in [0.25, 0.3) is 11.1 Å². The van der Waals surface area contributed by atoms with Crippen molar-refractivity contribution in [3.05, 3.63) is 190 Å². The number of anilines is 4. The van der Waals surface area contributed by atoms with Crippen LogP contribution >= 0.6 is 23.5 Å². The summed E-state index contributed by atoms with van der Waals surface area (Å²) < 4.78 is 0. The van der Waals surface area contributed by atoms with Crippen LogP contribution in [-0.2, 0) is 0 Å². The first-order valence-corrected chi connectivity index (χ1v) is 25.1. The predicted octanol–water partition coefficient (Wildman–Crippen LogP) is 17.1. The molecule has 4 nitrogen and oxygen atoms in total. The third-order valence-corrected chi connectivity index (χ3v) is 15.4. The van der Waals surface area contributed by atoms with E-state index in [2.05, 4.69) is 111 Å². The van der Waals surface area contributed by atoms with Crippen LogP contribution in [0.5, 0.6) is 0 Å². The SMILES string of the molecule is CCCCCCC1CCC(c2ccc(-c3ccc(Sc4ccc(Nc5ccc(C)cc5)c5c4C(=O)c4c(Nc6ccc(C)cc6)ccc(Sc6ccc(C)cc6)c4C5=O)cc3)cc2)CC1. The van der Waals surface area contributed by atoms with Crippen molar-refractivity contribution < 1.29 is 9.59 Å². The Labute approximate surface area is 394 Å². The van der Waals surface area contributed by atoms with E-state index in [1.807, 2.05) is 72.8 Å². The van der Waals surface area contributed by atoms with Gasteiger partial charge >= 0.3 is 0 Å². The fourth-order valence-electron chi connectivity index (χ4n) is 9.47. The Bertz CT molecular complexity index is 2790. The molecule has 7 aromatic rings. The summed E-state index contributed by atoms with van der Waals surface area (Å²) in [6.45, 7) is 8.46. The smallest absolute Gasteiger partial charge is 0.197 e. The molecule has 65 heavy (non-hydrogen) atoms. The van der Waals surface area contributed by atoms with E-state index < -0.39 is 0 Å². The molecule has 0 aliphatic heterocycles. The average Bonchev–Trinajstić information content (AvgIpc) is 3.33. The lowest BCUT2D eigenvalue weighted by Crippen LogP contribution is -2.25. The standard InChI is InChI=1S/C59H58N2O2S2/c1-5-6-7-8-9-41-16-18-42(19-17-41)43-20-22-44(23-21-43)45-24-32-49(33-25-45)65-53-37-35-51(61-47-28-12-39(3)13-29-47)55-57(53)59(63)54-50(60-46-26-10-38(2)11-27-46)34-36-52(56(54)58(55)62)64-48-30-14-40(4)15-31-48/h10-15,20-37,41-42,60-61H,5-9,16-19H2,1-4H3. The Balaban J connectivity index is 1.03. The Morgan fingerprint density at radius 2 is 0.892 bits per heavy atom. The number of benzene rings is 7. The second-order valence-corrected chi connectivity index (χ2v) is 20.3. The number of hydrogen-bond donors (Lipinski definition) is 2. The number of hydrogen-bond acceptors (Lipinski definition) is 6. The van der Waals surface area contributed by atoms with Crippen LogP contribution in [0.3, 0.4) is 0 Å². The quantitative estimate of drug-likeness (QED) is 0.100. The van der Waals surface area contributed by atoms with Gasteiger partial charge in [0.05, 0.1) is 22.5 Å². The maximum Gasteiger partial charge on any atom is 0.197 e. The van der Waals surface area contributed by atoms with Gasteiger partial charge < -0.3 is 10.6 Å². The lowest BCUT2D eigenvalue weighted by atomic mass is 9.77. The van der Waals surface area contributed by atoms with Crippen molar-refractivity contribution in [1.29, 1.82) is 0 Å². The van der Waals surface area contributed by atoms with Gasteiger partial charge in [-0.05, 0) is 148 Å². The minimum Gasteiger partial charge on any atom is -0.355 e. The van der Waals surface area contributed by atoms with Crippen molar-refractivity contribution in [2.75, 3.05) is 10.6 Å². The molecule has 0 radical (unpaired) electrons. The first kappa shape index (κ1) is 44.4. The van der Waals surface area contributed by atoms with Gasteiger partial charge in [-0.3, -0.25) is 9.59 Å². The minimum atomic E-state index is -0.178. The van der Waals surface area contributed by atoms with Crippen LogP contribution in [0.15, 0.2) is 165 Å². The van der Waals surface area contributed by atoms with Crippen molar-refractivity contribution in [2.45, 2.75) is 111 Å². The van der Waals surface area contributed by atoms with Gasteiger partial charge in [-0.2, -0.15) is 0 Å². The summed E-state index contributed by atoms with van der Waals surface area (Å²) in [6, 6.07) is 50.1. The van der Waals surface area contributed by atoms with E-state index in [0.29, 0.717) is 39.5 Å². The lowest BCUT2D eigenvalue weighted by molar-refractivity contribution is 0.0976. The van der Waals surface area contributed by atoms with E-state index in [9.17, 15) is 0 Å². The molecule has 2 aliphatic carbocycles. The summed E-state index contributed by atoms with van der Waals surface area (Å²) in [6.07, 6.45) is 12.2. The van der Waals surface area contributed by atoms with Crippen LogP contribution in [0, 0.1) is 26.7 Å². The zero-order valence-corrected chi connectivity index (χ0v) is 39.6. The zero-order chi connectivity index (χ0) is 44.9. The highest BCUT2D eigenvalue weighted by molar-refractivity contribution is 7.99. The molecule has 328 valence electrons. The maximum atomic E-state index is 15.4. The second kappa shape index (κ2) is 20.1. The van der Waals surface area contributed by atoms with Gasteiger partial charge in [-0.15, -0.1) is 0 Å². The Hall–Kier alpha value is -5.82. The number of carbonyl (C=O) groups excluding carboxylic acids is 2. The van der Waals surface area contributed by atoms with E-state index in [-0.39, 0.29) is 11.6 Å². The summed E-state index contributed by atoms with van der Waals surface area (Å²) in [4.78, 5) is 34.3. The number of carbonyl (C=O) groups is 2. The van der Waals surface area contributed by atoms with Crippen molar-refractivity contribution >= 4 is 57.8 Å². The summed E-state index contributed by atoms with van der Waals surface area (Å²) >= 11 is 3.04. The predicted molar refractivity (Wildman–Crippen MR) is 273 cm³/mol. The van der Waals surface area contributed by atoms with Gasteiger partial charge in [0, 0.05) is 42.1 Å². The highest BCUT2D eigenvalue weighted by atomic mass is 32.2. The molecule has 1 fully saturated rings. The van der Waals surface area contributed by atoms with Crippen LogP contribution in [0.4, 0.5) is 22.7 Å². The Morgan fingerprint density at radius 3 is 1.35 bits per heavy atom. The van der Waals surface area contributed by atoms with Crippen molar-refractivity contribution in [3.8, 4) is 11.1 Å². The van der Waals surface area contributed by atoms with E-state index >= 15 is 9.59 Å². The molecule has 6 heteroatoms. The number of aryl methyl sites for hydroxylation is 3. The minimum absolute atomic E-state index is 0.178. The zero-order valence-electron chi connectivity index (χ0n) is 38.0. The Morgan fingerprint density at radius 1 is 0.462 bits per heavy atom. The molecule has 0 aromatic heterocycles. The van der Waals surface area contributed by atoms with Crippen LogP contribution in [-0.4, -0.2) is 11.6 Å². The van der Waals surface area contributed by atoms with Crippen molar-refractivity contribution in [2.24, 2.45) is 5.92 Å². The first-order chi connectivity index (χ1) is 31.7. The summed E-state index contributed by atoms with van der Waals surface area (Å²) in [5.41, 5.74) is 11.8. The van der Waals surface area contributed by atoms with E-state index in [1.54, 1.807) is 0 Å². The highest BCUT2D eigenvalue weighted by Crippen LogP contribution is 2.47. The molecule has 0 unspecified atom stereocenters. The topological polar surface area (TPSA) is 58.2 Å². The third kappa shape index (κ3) is 10.2. The normalized spacial score (nSPS) is 15.6. The fourth-order valence-corrected chi connectivity index (χ4v) is 11.4. The van der Waals surface area contributed by atoms with Gasteiger partial charge in [0.25, 0.3) is 0 Å². The van der Waals surface area contributed by atoms with Gasteiger partial charge in [0.1, 0.15) is 0 Å². The third-order valence-electron chi connectivity index (χ3n) is 13.3. The lowest BCUT2D eigenvalue weighted by Gasteiger charge is -2.29. The monoisotopic (exact) mass is 890 g/mol. The largest absolute Gasteiger partial charge is 0.355 e. The maximum absolute atomic E-state index is 15.4. The average molecular weight is 891 g/mol. The molecule has 0 spiro atoms. The number of ketones is 2. The van der Waals surface area contributed by atoms with E-state index in [1.165, 1.54) is 92.4 Å². The highest BCUT2D eigenvalue weighted by Gasteiger charge is 2.38. The van der Waals surface area contributed by atoms with Gasteiger partial charge in [0.2, 0.25) is 0 Å². The number of rotatable bonds is 15. The molecule has 7 aromatic carbocycles. The van der Waals surface area contributed by atoms with Gasteiger partial charge in [-0.25, -0.2) is 0 Å². The molecule has 2 aliphatic rings. The van der Waals surface area contributed by atoms with Crippen molar-refractivity contribution in [3.63, 3.8) is 0 Å². The number of fused-ring (bicyclic) bond motifs is 2. The second-order valence-electron chi connectivity index (χ2n) is 18.1. The molecule has 0 bridgehead atoms.